The predicted molar refractivity (Wildman–Crippen MR) is 72.7 cm³/mol. The molecule has 0 unspecified atom stereocenters. The van der Waals surface area contributed by atoms with E-state index < -0.39 is 11.7 Å². The molecule has 0 fully saturated rings. The summed E-state index contributed by atoms with van der Waals surface area (Å²) in [5.41, 5.74) is -0.206. The van der Waals surface area contributed by atoms with Gasteiger partial charge in [0, 0.05) is 26.8 Å². The quantitative estimate of drug-likeness (QED) is 0.722. The van der Waals surface area contributed by atoms with Gasteiger partial charge in [0.15, 0.2) is 0 Å². The van der Waals surface area contributed by atoms with E-state index >= 15 is 0 Å². The molecule has 2 N–H and O–H groups in total. The van der Waals surface area contributed by atoms with Crippen LogP contribution >= 0.6 is 0 Å². The first-order chi connectivity index (χ1) is 9.93. The molecule has 0 bridgehead atoms. The van der Waals surface area contributed by atoms with Crippen molar-refractivity contribution in [3.05, 3.63) is 35.4 Å². The predicted octanol–water partition coefficient (Wildman–Crippen LogP) is 1.95. The Morgan fingerprint density at radius 3 is 2.76 bits per heavy atom. The molecule has 0 atom stereocenters. The van der Waals surface area contributed by atoms with Crippen LogP contribution in [0.15, 0.2) is 24.3 Å². The Morgan fingerprint density at radius 2 is 2.10 bits per heavy atom. The Labute approximate surface area is 121 Å². The van der Waals surface area contributed by atoms with Gasteiger partial charge < -0.3 is 15.4 Å². The van der Waals surface area contributed by atoms with Crippen molar-refractivity contribution in [2.24, 2.45) is 0 Å². The standard InChI is InChI=1S/C14H19F3N2O2/c1-21-7-3-6-19-13(20)10-18-9-11-4-2-5-12(8-11)14(15,16)17/h2,4-5,8,18H,3,6-7,9-10H2,1H3,(H,19,20). The molecule has 0 aromatic heterocycles. The third-order valence-corrected chi connectivity index (χ3v) is 2.72. The lowest BCUT2D eigenvalue weighted by molar-refractivity contribution is -0.137. The van der Waals surface area contributed by atoms with Crippen LogP contribution in [0.5, 0.6) is 0 Å². The molecule has 0 aliphatic heterocycles. The van der Waals surface area contributed by atoms with Crippen molar-refractivity contribution in [2.75, 3.05) is 26.8 Å². The van der Waals surface area contributed by atoms with Gasteiger partial charge in [0.2, 0.25) is 5.91 Å². The number of hydrogen-bond donors (Lipinski definition) is 2. The summed E-state index contributed by atoms with van der Waals surface area (Å²) in [6, 6.07) is 5.03. The minimum atomic E-state index is -4.35. The first-order valence-electron chi connectivity index (χ1n) is 6.56. The normalized spacial score (nSPS) is 11.4. The van der Waals surface area contributed by atoms with E-state index in [1.54, 1.807) is 13.2 Å². The lowest BCUT2D eigenvalue weighted by Crippen LogP contribution is -2.34. The van der Waals surface area contributed by atoms with Gasteiger partial charge in [-0.05, 0) is 18.1 Å². The minimum absolute atomic E-state index is 0.0588. The number of nitrogens with one attached hydrogen (secondary N) is 2. The maximum Gasteiger partial charge on any atom is 0.416 e. The number of carbonyl (C=O) groups excluding carboxylic acids is 1. The monoisotopic (exact) mass is 304 g/mol. The van der Waals surface area contributed by atoms with E-state index in [1.807, 2.05) is 0 Å². The highest BCUT2D eigenvalue weighted by molar-refractivity contribution is 5.77. The molecular formula is C14H19F3N2O2. The van der Waals surface area contributed by atoms with Crippen molar-refractivity contribution in [2.45, 2.75) is 19.1 Å². The van der Waals surface area contributed by atoms with Crippen LogP contribution in [0.2, 0.25) is 0 Å². The molecule has 118 valence electrons. The number of hydrogen-bond acceptors (Lipinski definition) is 3. The summed E-state index contributed by atoms with van der Waals surface area (Å²) in [7, 11) is 1.58. The van der Waals surface area contributed by atoms with Crippen LogP contribution in [0.4, 0.5) is 13.2 Å². The molecular weight excluding hydrogens is 285 g/mol. The largest absolute Gasteiger partial charge is 0.416 e. The first-order valence-corrected chi connectivity index (χ1v) is 6.56. The molecule has 0 aliphatic rings. The molecule has 1 aromatic carbocycles. The van der Waals surface area contributed by atoms with Gasteiger partial charge in [-0.3, -0.25) is 4.79 Å². The van der Waals surface area contributed by atoms with Crippen molar-refractivity contribution >= 4 is 5.91 Å². The van der Waals surface area contributed by atoms with Crippen LogP contribution in [0.25, 0.3) is 0 Å². The summed E-state index contributed by atoms with van der Waals surface area (Å²) in [5.74, 6) is -0.196. The van der Waals surface area contributed by atoms with Gasteiger partial charge in [0.05, 0.1) is 12.1 Å². The van der Waals surface area contributed by atoms with Crippen LogP contribution in [0, 0.1) is 0 Å². The number of alkyl halides is 3. The lowest BCUT2D eigenvalue weighted by Gasteiger charge is -2.10. The fourth-order valence-electron chi connectivity index (χ4n) is 1.68. The van der Waals surface area contributed by atoms with E-state index in [-0.39, 0.29) is 19.0 Å². The van der Waals surface area contributed by atoms with Crippen LogP contribution in [-0.2, 0) is 22.3 Å². The van der Waals surface area contributed by atoms with Crippen LogP contribution < -0.4 is 10.6 Å². The number of benzene rings is 1. The Bertz CT molecular complexity index is 450. The number of carbonyl (C=O) groups is 1. The summed E-state index contributed by atoms with van der Waals surface area (Å²) in [6.07, 6.45) is -3.63. The van der Waals surface area contributed by atoms with Crippen LogP contribution in [0.1, 0.15) is 17.5 Å². The van der Waals surface area contributed by atoms with Gasteiger partial charge in [-0.25, -0.2) is 0 Å². The van der Waals surface area contributed by atoms with E-state index in [2.05, 4.69) is 10.6 Å². The lowest BCUT2D eigenvalue weighted by atomic mass is 10.1. The molecule has 7 heteroatoms. The third-order valence-electron chi connectivity index (χ3n) is 2.72. The molecule has 1 amide bonds. The fraction of sp³-hybridized carbons (Fsp3) is 0.500. The Hall–Kier alpha value is -1.60. The molecule has 1 aromatic rings. The van der Waals surface area contributed by atoms with Crippen molar-refractivity contribution in [1.82, 2.24) is 10.6 Å². The van der Waals surface area contributed by atoms with Gasteiger partial charge in [0.1, 0.15) is 0 Å². The zero-order valence-corrected chi connectivity index (χ0v) is 11.8. The van der Waals surface area contributed by atoms with E-state index in [0.717, 1.165) is 18.6 Å². The second-order valence-corrected chi connectivity index (χ2v) is 4.50. The summed E-state index contributed by atoms with van der Waals surface area (Å²) in [4.78, 5) is 11.4. The van der Waals surface area contributed by atoms with Gasteiger partial charge in [-0.1, -0.05) is 18.2 Å². The van der Waals surface area contributed by atoms with Crippen molar-refractivity contribution in [1.29, 1.82) is 0 Å². The molecule has 0 saturated carbocycles. The summed E-state index contributed by atoms with van der Waals surface area (Å²) < 4.78 is 42.4. The van der Waals surface area contributed by atoms with Gasteiger partial charge in [-0.2, -0.15) is 13.2 Å². The third kappa shape index (κ3) is 7.10. The number of rotatable bonds is 8. The molecule has 4 nitrogen and oxygen atoms in total. The SMILES string of the molecule is COCCCNC(=O)CNCc1cccc(C(F)(F)F)c1. The summed E-state index contributed by atoms with van der Waals surface area (Å²) >= 11 is 0. The maximum atomic E-state index is 12.5. The van der Waals surface area contributed by atoms with E-state index in [9.17, 15) is 18.0 Å². The zero-order chi connectivity index (χ0) is 15.7. The highest BCUT2D eigenvalue weighted by Gasteiger charge is 2.30. The smallest absolute Gasteiger partial charge is 0.385 e. The van der Waals surface area contributed by atoms with Crippen molar-refractivity contribution in [3.8, 4) is 0 Å². The second-order valence-electron chi connectivity index (χ2n) is 4.50. The first kappa shape index (κ1) is 17.5. The maximum absolute atomic E-state index is 12.5. The molecule has 1 rings (SSSR count). The summed E-state index contributed by atoms with van der Waals surface area (Å²) in [6.45, 7) is 1.34. The van der Waals surface area contributed by atoms with E-state index in [0.29, 0.717) is 18.7 Å². The Kier molecular flexibility index (Phi) is 7.18. The van der Waals surface area contributed by atoms with Crippen LogP contribution in [0.3, 0.4) is 0 Å². The minimum Gasteiger partial charge on any atom is -0.385 e. The zero-order valence-electron chi connectivity index (χ0n) is 11.8. The number of ether oxygens (including phenoxy) is 1. The number of halogens is 3. The van der Waals surface area contributed by atoms with E-state index in [4.69, 9.17) is 4.74 Å². The highest BCUT2D eigenvalue weighted by Crippen LogP contribution is 2.29. The van der Waals surface area contributed by atoms with E-state index in [1.165, 1.54) is 6.07 Å². The topological polar surface area (TPSA) is 50.4 Å². The molecule has 0 radical (unpaired) electrons. The van der Waals surface area contributed by atoms with Gasteiger partial charge >= 0.3 is 6.18 Å². The van der Waals surface area contributed by atoms with Gasteiger partial charge in [-0.15, -0.1) is 0 Å². The molecule has 0 spiro atoms. The van der Waals surface area contributed by atoms with Crippen molar-refractivity contribution < 1.29 is 22.7 Å². The molecule has 0 saturated heterocycles. The number of methoxy groups -OCH3 is 1. The average Bonchev–Trinajstić information content (AvgIpc) is 2.43. The number of amides is 1. The Morgan fingerprint density at radius 1 is 1.33 bits per heavy atom. The van der Waals surface area contributed by atoms with Crippen LogP contribution in [-0.4, -0.2) is 32.7 Å². The van der Waals surface area contributed by atoms with Crippen molar-refractivity contribution in [3.63, 3.8) is 0 Å². The molecule has 0 aliphatic carbocycles. The Balaban J connectivity index is 2.31. The second kappa shape index (κ2) is 8.63. The molecule has 0 heterocycles. The highest BCUT2D eigenvalue weighted by atomic mass is 19.4. The summed E-state index contributed by atoms with van der Waals surface area (Å²) in [5, 5.41) is 5.49. The molecule has 21 heavy (non-hydrogen) atoms. The average molecular weight is 304 g/mol. The fourth-order valence-corrected chi connectivity index (χ4v) is 1.68. The van der Waals surface area contributed by atoms with Gasteiger partial charge in [0.25, 0.3) is 0 Å².